The Hall–Kier alpha value is -1.73. The second-order valence-electron chi connectivity index (χ2n) is 4.38. The van der Waals surface area contributed by atoms with Crippen molar-refractivity contribution in [1.82, 2.24) is 9.88 Å². The highest BCUT2D eigenvalue weighted by molar-refractivity contribution is 5.36. The minimum absolute atomic E-state index is 0.0157. The van der Waals surface area contributed by atoms with Gasteiger partial charge < -0.3 is 9.47 Å². The predicted molar refractivity (Wildman–Crippen MR) is 68.4 cm³/mol. The summed E-state index contributed by atoms with van der Waals surface area (Å²) < 4.78 is 10.8. The van der Waals surface area contributed by atoms with Gasteiger partial charge in [-0.1, -0.05) is 0 Å². The number of hydrogen-bond acceptors (Lipinski definition) is 6. The molecule has 1 aromatic rings. The summed E-state index contributed by atoms with van der Waals surface area (Å²) in [5.41, 5.74) is 0.661. The molecule has 0 spiro atoms. The van der Waals surface area contributed by atoms with Crippen molar-refractivity contribution in [3.63, 3.8) is 0 Å². The largest absolute Gasteiger partial charge is 0.476 e. The van der Waals surface area contributed by atoms with Gasteiger partial charge in [0.05, 0.1) is 18.1 Å². The Balaban J connectivity index is 1.83. The summed E-state index contributed by atoms with van der Waals surface area (Å²) >= 11 is 0. The molecule has 2 rings (SSSR count). The minimum Gasteiger partial charge on any atom is -0.476 e. The van der Waals surface area contributed by atoms with Crippen LogP contribution >= 0.6 is 0 Å². The van der Waals surface area contributed by atoms with E-state index < -0.39 is 4.92 Å². The van der Waals surface area contributed by atoms with E-state index in [2.05, 4.69) is 9.88 Å². The van der Waals surface area contributed by atoms with Crippen molar-refractivity contribution in [2.75, 3.05) is 39.5 Å². The lowest BCUT2D eigenvalue weighted by molar-refractivity contribution is -0.385. The van der Waals surface area contributed by atoms with Crippen LogP contribution in [0.5, 0.6) is 5.88 Å². The first-order valence-corrected chi connectivity index (χ1v) is 6.21. The van der Waals surface area contributed by atoms with Crippen molar-refractivity contribution in [3.05, 3.63) is 27.9 Å². The Morgan fingerprint density at radius 3 is 2.89 bits per heavy atom. The lowest BCUT2D eigenvalue weighted by Gasteiger charge is -2.26. The van der Waals surface area contributed by atoms with Gasteiger partial charge in [0.1, 0.15) is 12.8 Å². The number of nitro groups is 1. The van der Waals surface area contributed by atoms with Gasteiger partial charge in [0.25, 0.3) is 5.69 Å². The van der Waals surface area contributed by atoms with Crippen LogP contribution in [-0.2, 0) is 4.74 Å². The summed E-state index contributed by atoms with van der Waals surface area (Å²) in [5, 5.41) is 10.6. The summed E-state index contributed by atoms with van der Waals surface area (Å²) in [4.78, 5) is 16.4. The first kappa shape index (κ1) is 13.7. The molecular formula is C12H17N3O4. The molecule has 7 nitrogen and oxygen atoms in total. The fourth-order valence-corrected chi connectivity index (χ4v) is 1.89. The maximum atomic E-state index is 10.6. The highest BCUT2D eigenvalue weighted by Gasteiger charge is 2.12. The maximum absolute atomic E-state index is 10.6. The second-order valence-corrected chi connectivity index (χ2v) is 4.38. The first-order chi connectivity index (χ1) is 9.16. The molecule has 1 fully saturated rings. The molecule has 0 aromatic carbocycles. The van der Waals surface area contributed by atoms with Crippen molar-refractivity contribution < 1.29 is 14.4 Å². The number of morpholine rings is 1. The predicted octanol–water partition coefficient (Wildman–Crippen LogP) is 1.01. The Labute approximate surface area is 111 Å². The molecule has 19 heavy (non-hydrogen) atoms. The van der Waals surface area contributed by atoms with E-state index in [1.807, 2.05) is 0 Å². The summed E-state index contributed by atoms with van der Waals surface area (Å²) in [7, 11) is 0. The van der Waals surface area contributed by atoms with E-state index in [4.69, 9.17) is 9.47 Å². The fraction of sp³-hybridized carbons (Fsp3) is 0.583. The Kier molecular flexibility index (Phi) is 4.64. The van der Waals surface area contributed by atoms with Gasteiger partial charge in [0.2, 0.25) is 5.88 Å². The van der Waals surface area contributed by atoms with Crippen molar-refractivity contribution >= 4 is 5.69 Å². The molecule has 0 saturated carbocycles. The highest BCUT2D eigenvalue weighted by atomic mass is 16.6. The number of nitrogens with zero attached hydrogens (tertiary/aromatic N) is 3. The molecule has 1 aliphatic heterocycles. The molecule has 1 aromatic heterocycles. The van der Waals surface area contributed by atoms with Crippen LogP contribution in [0, 0.1) is 17.0 Å². The van der Waals surface area contributed by atoms with Crippen LogP contribution in [-0.4, -0.2) is 54.3 Å². The Morgan fingerprint density at radius 1 is 1.53 bits per heavy atom. The average molecular weight is 267 g/mol. The van der Waals surface area contributed by atoms with Crippen molar-refractivity contribution in [3.8, 4) is 5.88 Å². The lowest BCUT2D eigenvalue weighted by atomic mass is 10.3. The molecule has 0 unspecified atom stereocenters. The zero-order chi connectivity index (χ0) is 13.7. The van der Waals surface area contributed by atoms with E-state index in [0.717, 1.165) is 32.8 Å². The number of rotatable bonds is 5. The molecule has 0 aliphatic carbocycles. The van der Waals surface area contributed by atoms with Gasteiger partial charge in [-0.2, -0.15) is 0 Å². The van der Waals surface area contributed by atoms with E-state index in [0.29, 0.717) is 18.1 Å². The first-order valence-electron chi connectivity index (χ1n) is 6.21. The molecule has 0 amide bonds. The zero-order valence-electron chi connectivity index (χ0n) is 10.9. The number of hydrogen-bond donors (Lipinski definition) is 0. The van der Waals surface area contributed by atoms with Crippen LogP contribution in [0.3, 0.4) is 0 Å². The number of aromatic nitrogens is 1. The summed E-state index contributed by atoms with van der Waals surface area (Å²) in [6.07, 6.45) is 1.22. The van der Waals surface area contributed by atoms with E-state index in [1.54, 1.807) is 6.92 Å². The second kappa shape index (κ2) is 6.44. The molecule has 2 heterocycles. The van der Waals surface area contributed by atoms with Crippen LogP contribution in [0.2, 0.25) is 0 Å². The van der Waals surface area contributed by atoms with Crippen molar-refractivity contribution in [2.24, 2.45) is 0 Å². The molecule has 0 N–H and O–H groups in total. The summed E-state index contributed by atoms with van der Waals surface area (Å²) in [6.45, 7) is 6.42. The van der Waals surface area contributed by atoms with E-state index in [-0.39, 0.29) is 5.69 Å². The quantitative estimate of drug-likeness (QED) is 0.585. The van der Waals surface area contributed by atoms with E-state index >= 15 is 0 Å². The van der Waals surface area contributed by atoms with Gasteiger partial charge in [0.15, 0.2) is 0 Å². The Morgan fingerprint density at radius 2 is 2.26 bits per heavy atom. The number of pyridine rings is 1. The molecule has 7 heteroatoms. The van der Waals surface area contributed by atoms with Gasteiger partial charge >= 0.3 is 0 Å². The van der Waals surface area contributed by atoms with Gasteiger partial charge in [-0.3, -0.25) is 15.0 Å². The molecule has 0 bridgehead atoms. The molecule has 1 aliphatic rings. The third kappa shape index (κ3) is 3.87. The summed E-state index contributed by atoms with van der Waals surface area (Å²) in [5.74, 6) is 0.457. The van der Waals surface area contributed by atoms with Gasteiger partial charge in [-0.25, -0.2) is 4.98 Å². The fourth-order valence-electron chi connectivity index (χ4n) is 1.89. The van der Waals surface area contributed by atoms with Crippen molar-refractivity contribution in [1.29, 1.82) is 0 Å². The topological polar surface area (TPSA) is 77.7 Å². The van der Waals surface area contributed by atoms with Crippen LogP contribution in [0.4, 0.5) is 5.69 Å². The van der Waals surface area contributed by atoms with E-state index in [1.165, 1.54) is 12.3 Å². The Bertz CT molecular complexity index is 447. The van der Waals surface area contributed by atoms with E-state index in [9.17, 15) is 10.1 Å². The van der Waals surface area contributed by atoms with Crippen LogP contribution in [0.25, 0.3) is 0 Å². The third-order valence-electron chi connectivity index (χ3n) is 2.98. The lowest BCUT2D eigenvalue weighted by Crippen LogP contribution is -2.38. The molecular weight excluding hydrogens is 250 g/mol. The van der Waals surface area contributed by atoms with Gasteiger partial charge in [-0.05, 0) is 6.92 Å². The van der Waals surface area contributed by atoms with Crippen LogP contribution in [0.1, 0.15) is 5.56 Å². The van der Waals surface area contributed by atoms with Gasteiger partial charge in [0, 0.05) is 31.3 Å². The standard InChI is InChI=1S/C12H17N3O4/c1-10-8-11(15(16)17)9-13-12(10)19-7-4-14-2-5-18-6-3-14/h8-9H,2-7H2,1H3. The van der Waals surface area contributed by atoms with Crippen LogP contribution < -0.4 is 4.74 Å². The maximum Gasteiger partial charge on any atom is 0.288 e. The molecule has 1 saturated heterocycles. The van der Waals surface area contributed by atoms with Crippen LogP contribution in [0.15, 0.2) is 12.3 Å². The SMILES string of the molecule is Cc1cc([N+](=O)[O-])cnc1OCCN1CCOCC1. The average Bonchev–Trinajstić information content (AvgIpc) is 2.41. The molecule has 104 valence electrons. The van der Waals surface area contributed by atoms with Crippen molar-refractivity contribution in [2.45, 2.75) is 6.92 Å². The monoisotopic (exact) mass is 267 g/mol. The molecule has 0 radical (unpaired) electrons. The smallest absolute Gasteiger partial charge is 0.288 e. The molecule has 0 atom stereocenters. The number of ether oxygens (including phenoxy) is 2. The van der Waals surface area contributed by atoms with Gasteiger partial charge in [-0.15, -0.1) is 0 Å². The summed E-state index contributed by atoms with van der Waals surface area (Å²) in [6, 6.07) is 1.47. The highest BCUT2D eigenvalue weighted by Crippen LogP contribution is 2.19. The zero-order valence-corrected chi connectivity index (χ0v) is 10.9. The normalized spacial score (nSPS) is 16.3. The number of aryl methyl sites for hydroxylation is 1. The minimum atomic E-state index is -0.461. The third-order valence-corrected chi connectivity index (χ3v) is 2.98.